The average Bonchev–Trinajstić information content (AvgIpc) is 2.12. The highest BCUT2D eigenvalue weighted by Gasteiger charge is 2.43. The van der Waals surface area contributed by atoms with Crippen molar-refractivity contribution in [1.82, 2.24) is 0 Å². The Labute approximate surface area is 74.4 Å². The lowest BCUT2D eigenvalue weighted by Crippen LogP contribution is -2.56. The van der Waals surface area contributed by atoms with Gasteiger partial charge in [0.2, 0.25) is 0 Å². The smallest absolute Gasteiger partial charge is 0.163 e. The Morgan fingerprint density at radius 1 is 1.15 bits per heavy atom. The predicted molar refractivity (Wildman–Crippen MR) is 39.4 cm³/mol. The minimum absolute atomic E-state index is 0.533. The van der Waals surface area contributed by atoms with E-state index in [0.717, 1.165) is 0 Å². The summed E-state index contributed by atoms with van der Waals surface area (Å²) >= 11 is 0. The molecule has 1 aliphatic heterocycles. The van der Waals surface area contributed by atoms with Crippen LogP contribution in [0.5, 0.6) is 0 Å². The number of aliphatic hydroxyl groups excluding tert-OH is 4. The summed E-state index contributed by atoms with van der Waals surface area (Å²) in [4.78, 5) is 0. The third-order valence-electron chi connectivity index (χ3n) is 2.21. The largest absolute Gasteiger partial charge is 0.394 e. The molecular formula is C7H13FO5. The van der Waals surface area contributed by atoms with Crippen LogP contribution < -0.4 is 0 Å². The summed E-state index contributed by atoms with van der Waals surface area (Å²) in [6.07, 6.45) is -5.33. The number of rotatable bonds is 2. The van der Waals surface area contributed by atoms with Crippen LogP contribution in [0.4, 0.5) is 4.39 Å². The predicted octanol–water partition coefficient (Wildman–Crippen LogP) is -2.00. The second-order valence-electron chi connectivity index (χ2n) is 3.05. The molecule has 0 radical (unpaired) electrons. The molecule has 5 nitrogen and oxygen atoms in total. The van der Waals surface area contributed by atoms with Gasteiger partial charge in [0.05, 0.1) is 25.3 Å². The van der Waals surface area contributed by atoms with Gasteiger partial charge in [0.1, 0.15) is 12.2 Å². The van der Waals surface area contributed by atoms with Crippen LogP contribution in [0.1, 0.15) is 0 Å². The van der Waals surface area contributed by atoms with Crippen molar-refractivity contribution in [3.8, 4) is 0 Å². The van der Waals surface area contributed by atoms with Crippen molar-refractivity contribution in [2.45, 2.75) is 24.6 Å². The molecule has 1 saturated heterocycles. The maximum atomic E-state index is 12.2. The zero-order chi connectivity index (χ0) is 10.0. The van der Waals surface area contributed by atoms with Gasteiger partial charge in [-0.05, 0) is 0 Å². The number of alkyl halides is 1. The Hall–Kier alpha value is -0.270. The number of ether oxygens (including phenoxy) is 1. The van der Waals surface area contributed by atoms with Crippen molar-refractivity contribution in [3.05, 3.63) is 0 Å². The van der Waals surface area contributed by atoms with E-state index in [1.807, 2.05) is 0 Å². The summed E-state index contributed by atoms with van der Waals surface area (Å²) in [7, 11) is 0. The SMILES string of the molecule is OC[C@H]1OC(O)[C@H](CF)[C@@H](O)[C@@H]1O. The maximum absolute atomic E-state index is 12.2. The van der Waals surface area contributed by atoms with Crippen LogP contribution in [-0.4, -0.2) is 58.3 Å². The van der Waals surface area contributed by atoms with Gasteiger partial charge < -0.3 is 25.2 Å². The van der Waals surface area contributed by atoms with Gasteiger partial charge in [-0.1, -0.05) is 0 Å². The fourth-order valence-electron chi connectivity index (χ4n) is 1.32. The standard InChI is InChI=1S/C7H13FO5/c8-1-3-5(10)6(11)4(2-9)13-7(3)12/h3-7,9-12H,1-2H2/t3-,4-,5-,6-,7?/m1/s1. The highest BCUT2D eigenvalue weighted by molar-refractivity contribution is 4.87. The quantitative estimate of drug-likeness (QED) is 0.410. The van der Waals surface area contributed by atoms with E-state index in [1.165, 1.54) is 0 Å². The molecule has 0 spiro atoms. The molecule has 0 saturated carbocycles. The van der Waals surface area contributed by atoms with Crippen LogP contribution in [0, 0.1) is 5.92 Å². The molecule has 0 aliphatic carbocycles. The molecule has 5 atom stereocenters. The summed E-state index contributed by atoms with van der Waals surface area (Å²) in [6.45, 7) is -1.52. The summed E-state index contributed by atoms with van der Waals surface area (Å²) in [5, 5.41) is 36.3. The number of hydrogen-bond acceptors (Lipinski definition) is 5. The van der Waals surface area contributed by atoms with Gasteiger partial charge >= 0.3 is 0 Å². The first-order valence-electron chi connectivity index (χ1n) is 3.98. The molecule has 1 fully saturated rings. The van der Waals surface area contributed by atoms with E-state index in [-0.39, 0.29) is 0 Å². The van der Waals surface area contributed by atoms with Crippen molar-refractivity contribution in [2.75, 3.05) is 13.3 Å². The van der Waals surface area contributed by atoms with Crippen LogP contribution >= 0.6 is 0 Å². The first kappa shape index (κ1) is 10.8. The fraction of sp³-hybridized carbons (Fsp3) is 1.00. The first-order chi connectivity index (χ1) is 6.11. The molecule has 6 heteroatoms. The highest BCUT2D eigenvalue weighted by atomic mass is 19.1. The number of halogens is 1. The van der Waals surface area contributed by atoms with E-state index >= 15 is 0 Å². The second-order valence-corrected chi connectivity index (χ2v) is 3.05. The minimum Gasteiger partial charge on any atom is -0.394 e. The average molecular weight is 196 g/mol. The summed E-state index contributed by atoms with van der Waals surface area (Å²) in [5.74, 6) is -1.15. The molecule has 0 aromatic rings. The van der Waals surface area contributed by atoms with Crippen molar-refractivity contribution in [3.63, 3.8) is 0 Å². The van der Waals surface area contributed by atoms with E-state index in [2.05, 4.69) is 4.74 Å². The molecule has 1 aliphatic rings. The Kier molecular flexibility index (Phi) is 3.57. The van der Waals surface area contributed by atoms with E-state index in [9.17, 15) is 14.6 Å². The molecular weight excluding hydrogens is 183 g/mol. The molecule has 1 heterocycles. The van der Waals surface area contributed by atoms with Gasteiger partial charge in [-0.25, -0.2) is 0 Å². The molecule has 0 bridgehead atoms. The van der Waals surface area contributed by atoms with Crippen LogP contribution in [-0.2, 0) is 4.74 Å². The molecule has 1 unspecified atom stereocenters. The Balaban J connectivity index is 2.66. The number of aliphatic hydroxyl groups is 4. The molecule has 1 rings (SSSR count). The van der Waals surface area contributed by atoms with E-state index in [0.29, 0.717) is 0 Å². The summed E-state index contributed by atoms with van der Waals surface area (Å²) in [6, 6.07) is 0. The van der Waals surface area contributed by atoms with Gasteiger partial charge in [0, 0.05) is 0 Å². The Bertz CT molecular complexity index is 167. The zero-order valence-corrected chi connectivity index (χ0v) is 6.88. The lowest BCUT2D eigenvalue weighted by molar-refractivity contribution is -0.271. The van der Waals surface area contributed by atoms with Crippen molar-refractivity contribution < 1.29 is 29.6 Å². The molecule has 13 heavy (non-hydrogen) atoms. The minimum atomic E-state index is -1.49. The van der Waals surface area contributed by atoms with Gasteiger partial charge in [-0.3, -0.25) is 4.39 Å². The van der Waals surface area contributed by atoms with Crippen molar-refractivity contribution >= 4 is 0 Å². The molecule has 4 N–H and O–H groups in total. The second kappa shape index (κ2) is 4.30. The van der Waals surface area contributed by atoms with Crippen LogP contribution in [0.15, 0.2) is 0 Å². The summed E-state index contributed by atoms with van der Waals surface area (Å²) < 4.78 is 16.9. The van der Waals surface area contributed by atoms with Gasteiger partial charge in [-0.2, -0.15) is 0 Å². The monoisotopic (exact) mass is 196 g/mol. The molecule has 0 aromatic heterocycles. The van der Waals surface area contributed by atoms with Gasteiger partial charge in [0.15, 0.2) is 6.29 Å². The maximum Gasteiger partial charge on any atom is 0.163 e. The fourth-order valence-corrected chi connectivity index (χ4v) is 1.32. The lowest BCUT2D eigenvalue weighted by atomic mass is 9.92. The Morgan fingerprint density at radius 2 is 1.77 bits per heavy atom. The Morgan fingerprint density at radius 3 is 2.23 bits per heavy atom. The highest BCUT2D eigenvalue weighted by Crippen LogP contribution is 2.24. The molecule has 0 amide bonds. The summed E-state index contributed by atoms with van der Waals surface area (Å²) in [5.41, 5.74) is 0. The van der Waals surface area contributed by atoms with Crippen molar-refractivity contribution in [2.24, 2.45) is 5.92 Å². The normalized spacial score (nSPS) is 46.4. The topological polar surface area (TPSA) is 90.2 Å². The lowest BCUT2D eigenvalue weighted by Gasteiger charge is -2.38. The van der Waals surface area contributed by atoms with E-state index in [1.54, 1.807) is 0 Å². The van der Waals surface area contributed by atoms with Gasteiger partial charge in [0.25, 0.3) is 0 Å². The van der Waals surface area contributed by atoms with Crippen LogP contribution in [0.2, 0.25) is 0 Å². The molecule has 0 aromatic carbocycles. The molecule has 78 valence electrons. The van der Waals surface area contributed by atoms with Crippen LogP contribution in [0.3, 0.4) is 0 Å². The number of hydrogen-bond donors (Lipinski definition) is 4. The third kappa shape index (κ3) is 1.97. The first-order valence-corrected chi connectivity index (χ1v) is 3.98. The van der Waals surface area contributed by atoms with E-state index in [4.69, 9.17) is 10.2 Å². The third-order valence-corrected chi connectivity index (χ3v) is 2.21. The van der Waals surface area contributed by atoms with E-state index < -0.39 is 43.8 Å². The van der Waals surface area contributed by atoms with Crippen molar-refractivity contribution in [1.29, 1.82) is 0 Å². The van der Waals surface area contributed by atoms with Gasteiger partial charge in [-0.15, -0.1) is 0 Å². The van der Waals surface area contributed by atoms with Crippen LogP contribution in [0.25, 0.3) is 0 Å². The zero-order valence-electron chi connectivity index (χ0n) is 6.88.